The molecule has 11 nitrogen and oxygen atoms in total. The SMILES string of the molecule is Cc1cc(C)c(NC(=O)c2cc(Cn3nnc(C(F)(F)F)n3)nn2-c2ncccc2Cl)c(C(N)=O)c1. The van der Waals surface area contributed by atoms with Crippen molar-refractivity contribution in [1.82, 2.24) is 35.0 Å². The fourth-order valence-corrected chi connectivity index (χ4v) is 3.64. The quantitative estimate of drug-likeness (QED) is 0.398. The number of nitrogens with zero attached hydrogens (tertiary/aromatic N) is 7. The summed E-state index contributed by atoms with van der Waals surface area (Å²) >= 11 is 6.25. The van der Waals surface area contributed by atoms with Gasteiger partial charge in [-0.25, -0.2) is 9.67 Å². The standard InChI is InChI=1S/C21H17ClF3N9O2/c1-10-6-11(2)16(13(7-10)17(26)35)28-19(36)15-8-12(9-33-31-20(29-32-33)21(23,24)25)30-34(15)18-14(22)4-3-5-27-18/h3-8H,9H2,1-2H3,(H2,26,35)(H,28,36). The number of carbonyl (C=O) groups is 2. The number of aryl methyl sites for hydroxylation is 2. The third-order valence-corrected chi connectivity index (χ3v) is 5.22. The van der Waals surface area contributed by atoms with Gasteiger partial charge in [0.2, 0.25) is 0 Å². The summed E-state index contributed by atoms with van der Waals surface area (Å²) in [5.74, 6) is -2.76. The molecule has 0 aliphatic rings. The summed E-state index contributed by atoms with van der Waals surface area (Å²) in [7, 11) is 0. The Morgan fingerprint density at radius 1 is 1.17 bits per heavy atom. The van der Waals surface area contributed by atoms with Crippen LogP contribution in [-0.2, 0) is 12.7 Å². The molecule has 0 saturated carbocycles. The molecule has 0 unspecified atom stereocenters. The number of hydrogen-bond acceptors (Lipinski definition) is 7. The number of aromatic nitrogens is 7. The first-order chi connectivity index (χ1) is 16.9. The fraction of sp³-hybridized carbons (Fsp3) is 0.190. The van der Waals surface area contributed by atoms with Gasteiger partial charge in [0.25, 0.3) is 17.6 Å². The number of pyridine rings is 1. The molecule has 3 aromatic heterocycles. The van der Waals surface area contributed by atoms with Crippen LogP contribution in [0.25, 0.3) is 5.82 Å². The van der Waals surface area contributed by atoms with E-state index in [1.165, 1.54) is 24.4 Å². The first-order valence-corrected chi connectivity index (χ1v) is 10.6. The van der Waals surface area contributed by atoms with Crippen molar-refractivity contribution in [2.24, 2.45) is 5.73 Å². The molecule has 15 heteroatoms. The summed E-state index contributed by atoms with van der Waals surface area (Å²) in [4.78, 5) is 30.2. The van der Waals surface area contributed by atoms with Gasteiger partial charge in [-0.2, -0.15) is 23.1 Å². The Labute approximate surface area is 206 Å². The molecule has 3 N–H and O–H groups in total. The summed E-state index contributed by atoms with van der Waals surface area (Å²) in [5.41, 5.74) is 7.20. The van der Waals surface area contributed by atoms with Crippen molar-refractivity contribution in [3.63, 3.8) is 0 Å². The minimum atomic E-state index is -4.77. The summed E-state index contributed by atoms with van der Waals surface area (Å²) in [6, 6.07) is 7.71. The van der Waals surface area contributed by atoms with Crippen LogP contribution in [0.3, 0.4) is 0 Å². The van der Waals surface area contributed by atoms with Crippen molar-refractivity contribution in [2.45, 2.75) is 26.6 Å². The van der Waals surface area contributed by atoms with Crippen LogP contribution in [0.4, 0.5) is 18.9 Å². The van der Waals surface area contributed by atoms with Gasteiger partial charge >= 0.3 is 6.18 Å². The highest BCUT2D eigenvalue weighted by Crippen LogP contribution is 2.26. The number of amides is 2. The largest absolute Gasteiger partial charge is 0.455 e. The number of primary amides is 1. The van der Waals surface area contributed by atoms with Crippen LogP contribution >= 0.6 is 11.6 Å². The Hall–Kier alpha value is -4.33. The summed E-state index contributed by atoms with van der Waals surface area (Å²) < 4.78 is 39.6. The van der Waals surface area contributed by atoms with E-state index in [-0.39, 0.29) is 40.0 Å². The lowest BCUT2D eigenvalue weighted by atomic mass is 10.0. The number of carbonyl (C=O) groups excluding carboxylic acids is 2. The number of anilines is 1. The summed E-state index contributed by atoms with van der Waals surface area (Å²) in [6.07, 6.45) is -3.34. The maximum atomic E-state index is 13.3. The average molecular weight is 520 g/mol. The number of halogens is 4. The normalized spacial score (nSPS) is 11.5. The lowest BCUT2D eigenvalue weighted by Crippen LogP contribution is -2.22. The highest BCUT2D eigenvalue weighted by Gasteiger charge is 2.37. The molecular weight excluding hydrogens is 503 g/mol. The first-order valence-electron chi connectivity index (χ1n) is 10.2. The van der Waals surface area contributed by atoms with Crippen molar-refractivity contribution < 1.29 is 22.8 Å². The van der Waals surface area contributed by atoms with Gasteiger partial charge in [-0.3, -0.25) is 9.59 Å². The molecule has 36 heavy (non-hydrogen) atoms. The van der Waals surface area contributed by atoms with E-state index in [0.717, 1.165) is 10.2 Å². The molecule has 3 heterocycles. The van der Waals surface area contributed by atoms with E-state index >= 15 is 0 Å². The van der Waals surface area contributed by atoms with Crippen LogP contribution in [0, 0.1) is 13.8 Å². The van der Waals surface area contributed by atoms with E-state index in [0.29, 0.717) is 10.4 Å². The number of alkyl halides is 3. The van der Waals surface area contributed by atoms with Gasteiger partial charge < -0.3 is 11.1 Å². The molecule has 0 fully saturated rings. The Balaban J connectivity index is 1.75. The maximum absolute atomic E-state index is 13.3. The van der Waals surface area contributed by atoms with Crippen molar-refractivity contribution in [3.8, 4) is 5.82 Å². The maximum Gasteiger partial charge on any atom is 0.455 e. The van der Waals surface area contributed by atoms with Crippen LogP contribution in [0.1, 0.15) is 43.5 Å². The van der Waals surface area contributed by atoms with Crippen LogP contribution in [0.5, 0.6) is 0 Å². The predicted octanol–water partition coefficient (Wildman–Crippen LogP) is 2.94. The fourth-order valence-electron chi connectivity index (χ4n) is 3.44. The molecule has 0 bridgehead atoms. The third-order valence-electron chi connectivity index (χ3n) is 4.93. The Bertz CT molecular complexity index is 1480. The van der Waals surface area contributed by atoms with Gasteiger partial charge in [0.1, 0.15) is 12.2 Å². The molecule has 1 aromatic carbocycles. The number of nitrogens with one attached hydrogen (secondary N) is 1. The molecular formula is C21H17ClF3N9O2. The van der Waals surface area contributed by atoms with Crippen molar-refractivity contribution in [3.05, 3.63) is 75.5 Å². The van der Waals surface area contributed by atoms with E-state index < -0.39 is 23.8 Å². The predicted molar refractivity (Wildman–Crippen MR) is 121 cm³/mol. The van der Waals surface area contributed by atoms with Crippen LogP contribution in [-0.4, -0.2) is 46.8 Å². The molecule has 2 amide bonds. The highest BCUT2D eigenvalue weighted by atomic mass is 35.5. The van der Waals surface area contributed by atoms with E-state index in [4.69, 9.17) is 17.3 Å². The van der Waals surface area contributed by atoms with Crippen molar-refractivity contribution in [1.29, 1.82) is 0 Å². The molecule has 0 atom stereocenters. The molecule has 0 aliphatic heterocycles. The zero-order valence-corrected chi connectivity index (χ0v) is 19.5. The van der Waals surface area contributed by atoms with Gasteiger partial charge in [0.15, 0.2) is 5.82 Å². The van der Waals surface area contributed by atoms with E-state index in [1.807, 2.05) is 0 Å². The average Bonchev–Trinajstić information content (AvgIpc) is 3.43. The number of benzene rings is 1. The van der Waals surface area contributed by atoms with Crippen LogP contribution in [0.2, 0.25) is 5.02 Å². The minimum Gasteiger partial charge on any atom is -0.366 e. The number of rotatable bonds is 6. The third kappa shape index (κ3) is 5.02. The second kappa shape index (κ2) is 9.37. The zero-order valence-electron chi connectivity index (χ0n) is 18.7. The van der Waals surface area contributed by atoms with E-state index in [9.17, 15) is 22.8 Å². The molecule has 0 spiro atoms. The first kappa shape index (κ1) is 24.8. The van der Waals surface area contributed by atoms with E-state index in [2.05, 4.69) is 30.8 Å². The molecule has 186 valence electrons. The number of nitrogens with two attached hydrogens (primary N) is 1. The minimum absolute atomic E-state index is 0.0721. The Morgan fingerprint density at radius 2 is 1.92 bits per heavy atom. The Morgan fingerprint density at radius 3 is 2.56 bits per heavy atom. The molecule has 0 aliphatic carbocycles. The van der Waals surface area contributed by atoms with Gasteiger partial charge in [0, 0.05) is 6.20 Å². The summed E-state index contributed by atoms with van der Waals surface area (Å²) in [6.45, 7) is 3.14. The lowest BCUT2D eigenvalue weighted by molar-refractivity contribution is -0.145. The molecule has 4 aromatic rings. The van der Waals surface area contributed by atoms with Gasteiger partial charge in [0.05, 0.1) is 22.0 Å². The van der Waals surface area contributed by atoms with Crippen molar-refractivity contribution in [2.75, 3.05) is 5.32 Å². The number of hydrogen-bond donors (Lipinski definition) is 2. The molecule has 4 rings (SSSR count). The van der Waals surface area contributed by atoms with Crippen LogP contribution in [0.15, 0.2) is 36.5 Å². The second-order valence-corrected chi connectivity index (χ2v) is 8.11. The molecule has 0 saturated heterocycles. The monoisotopic (exact) mass is 519 g/mol. The topological polar surface area (TPSA) is 146 Å². The summed E-state index contributed by atoms with van der Waals surface area (Å²) in [5, 5.41) is 16.8. The second-order valence-electron chi connectivity index (χ2n) is 7.71. The zero-order chi connectivity index (χ0) is 26.2. The molecule has 0 radical (unpaired) electrons. The van der Waals surface area contributed by atoms with Gasteiger partial charge in [-0.1, -0.05) is 17.7 Å². The van der Waals surface area contributed by atoms with E-state index in [1.54, 1.807) is 26.0 Å². The smallest absolute Gasteiger partial charge is 0.366 e. The Kier molecular flexibility index (Phi) is 6.45. The lowest BCUT2D eigenvalue weighted by Gasteiger charge is -2.14. The van der Waals surface area contributed by atoms with Gasteiger partial charge in [-0.05, 0) is 54.5 Å². The van der Waals surface area contributed by atoms with Crippen molar-refractivity contribution >= 4 is 29.1 Å². The van der Waals surface area contributed by atoms with Crippen LogP contribution < -0.4 is 11.1 Å². The van der Waals surface area contributed by atoms with Gasteiger partial charge in [-0.15, -0.1) is 10.2 Å². The number of tetrazole rings is 1. The highest BCUT2D eigenvalue weighted by molar-refractivity contribution is 6.32.